The molecule has 0 atom stereocenters. The first-order chi connectivity index (χ1) is 9.04. The van der Waals surface area contributed by atoms with Gasteiger partial charge in [-0.05, 0) is 13.8 Å². The van der Waals surface area contributed by atoms with Crippen molar-refractivity contribution < 1.29 is 19.4 Å². The van der Waals surface area contributed by atoms with Crippen LogP contribution in [-0.2, 0) is 9.59 Å². The number of aliphatic carboxylic acids is 1. The third-order valence-electron chi connectivity index (χ3n) is 2.17. The highest BCUT2D eigenvalue weighted by Crippen LogP contribution is 2.19. The molecule has 8 heteroatoms. The largest absolute Gasteiger partial charge is 0.480 e. The van der Waals surface area contributed by atoms with Crippen LogP contribution in [0.25, 0.3) is 0 Å². The van der Waals surface area contributed by atoms with E-state index in [1.807, 2.05) is 6.92 Å². The first-order valence-electron chi connectivity index (χ1n) is 5.71. The smallest absolute Gasteiger partial charge is 0.322 e. The first kappa shape index (κ1) is 14.7. The number of carboxylic acids is 1. The van der Waals surface area contributed by atoms with E-state index in [2.05, 4.69) is 20.6 Å². The fourth-order valence-electron chi connectivity index (χ4n) is 1.30. The molecule has 1 aromatic heterocycles. The van der Waals surface area contributed by atoms with E-state index in [9.17, 15) is 9.59 Å². The number of aromatic nitrogens is 2. The molecule has 0 saturated heterocycles. The second-order valence-electron chi connectivity index (χ2n) is 3.61. The van der Waals surface area contributed by atoms with Gasteiger partial charge in [0.1, 0.15) is 18.7 Å². The predicted octanol–water partition coefficient (Wildman–Crippen LogP) is -0.204. The Hall–Kier alpha value is -2.38. The number of rotatable bonds is 7. The van der Waals surface area contributed by atoms with Crippen molar-refractivity contribution in [3.63, 3.8) is 0 Å². The van der Waals surface area contributed by atoms with Crippen LogP contribution in [0.15, 0.2) is 6.33 Å². The van der Waals surface area contributed by atoms with E-state index in [4.69, 9.17) is 9.84 Å². The van der Waals surface area contributed by atoms with Gasteiger partial charge in [0.15, 0.2) is 0 Å². The molecule has 0 unspecified atom stereocenters. The lowest BCUT2D eigenvalue weighted by molar-refractivity contribution is -0.137. The van der Waals surface area contributed by atoms with Gasteiger partial charge in [-0.3, -0.25) is 9.59 Å². The summed E-state index contributed by atoms with van der Waals surface area (Å²) >= 11 is 0. The quantitative estimate of drug-likeness (QED) is 0.627. The molecule has 0 aliphatic carbocycles. The summed E-state index contributed by atoms with van der Waals surface area (Å²) in [4.78, 5) is 29.6. The second kappa shape index (κ2) is 7.14. The van der Waals surface area contributed by atoms with Gasteiger partial charge >= 0.3 is 5.97 Å². The van der Waals surface area contributed by atoms with Gasteiger partial charge in [-0.1, -0.05) is 0 Å². The maximum absolute atomic E-state index is 11.3. The fourth-order valence-corrected chi connectivity index (χ4v) is 1.30. The molecule has 0 bridgehead atoms. The van der Waals surface area contributed by atoms with Crippen molar-refractivity contribution >= 4 is 17.7 Å². The van der Waals surface area contributed by atoms with Crippen LogP contribution >= 0.6 is 0 Å². The zero-order valence-electron chi connectivity index (χ0n) is 10.8. The summed E-state index contributed by atoms with van der Waals surface area (Å²) < 4.78 is 5.29. The molecule has 0 saturated carbocycles. The Balaban J connectivity index is 2.55. The molecule has 0 aromatic carbocycles. The van der Waals surface area contributed by atoms with E-state index in [1.54, 1.807) is 6.92 Å². The third kappa shape index (κ3) is 4.78. The Bertz CT molecular complexity index is 464. The van der Waals surface area contributed by atoms with Gasteiger partial charge in [-0.25, -0.2) is 9.97 Å². The molecule has 1 amide bonds. The number of ether oxygens (including phenoxy) is 1. The van der Waals surface area contributed by atoms with Crippen LogP contribution in [-0.4, -0.2) is 46.6 Å². The van der Waals surface area contributed by atoms with Gasteiger partial charge in [0.05, 0.1) is 18.7 Å². The molecule has 0 fully saturated rings. The third-order valence-corrected chi connectivity index (χ3v) is 2.17. The van der Waals surface area contributed by atoms with Crippen LogP contribution in [0.2, 0.25) is 0 Å². The molecule has 19 heavy (non-hydrogen) atoms. The molecular formula is C11H16N4O4. The molecule has 104 valence electrons. The van der Waals surface area contributed by atoms with Crippen molar-refractivity contribution in [2.24, 2.45) is 0 Å². The van der Waals surface area contributed by atoms with Gasteiger partial charge < -0.3 is 20.5 Å². The topological polar surface area (TPSA) is 113 Å². The summed E-state index contributed by atoms with van der Waals surface area (Å²) in [6, 6.07) is 0. The van der Waals surface area contributed by atoms with Crippen LogP contribution < -0.4 is 15.4 Å². The number of nitrogens with zero attached hydrogens (tertiary/aromatic N) is 2. The van der Waals surface area contributed by atoms with Crippen LogP contribution in [0.1, 0.15) is 12.5 Å². The van der Waals surface area contributed by atoms with Gasteiger partial charge in [-0.2, -0.15) is 0 Å². The lowest BCUT2D eigenvalue weighted by Gasteiger charge is -2.11. The Labute approximate surface area is 110 Å². The predicted molar refractivity (Wildman–Crippen MR) is 67.1 cm³/mol. The monoisotopic (exact) mass is 268 g/mol. The lowest BCUT2D eigenvalue weighted by atomic mass is 10.3. The number of hydrogen-bond donors (Lipinski definition) is 3. The summed E-state index contributed by atoms with van der Waals surface area (Å²) in [6.45, 7) is 3.61. The molecule has 0 aliphatic rings. The summed E-state index contributed by atoms with van der Waals surface area (Å²) in [6.07, 6.45) is 1.33. The van der Waals surface area contributed by atoms with Crippen LogP contribution in [0.4, 0.5) is 5.82 Å². The molecule has 1 heterocycles. The molecule has 0 aliphatic heterocycles. The lowest BCUT2D eigenvalue weighted by Crippen LogP contribution is -2.34. The van der Waals surface area contributed by atoms with Gasteiger partial charge in [0.2, 0.25) is 11.8 Å². The normalized spacial score (nSPS) is 9.79. The molecule has 0 radical (unpaired) electrons. The van der Waals surface area contributed by atoms with E-state index < -0.39 is 18.4 Å². The maximum atomic E-state index is 11.3. The number of carbonyl (C=O) groups is 2. The highest BCUT2D eigenvalue weighted by atomic mass is 16.5. The van der Waals surface area contributed by atoms with Crippen molar-refractivity contribution in [2.45, 2.75) is 13.8 Å². The van der Waals surface area contributed by atoms with Crippen LogP contribution in [0.5, 0.6) is 5.88 Å². The Morgan fingerprint density at radius 2 is 2.11 bits per heavy atom. The second-order valence-corrected chi connectivity index (χ2v) is 3.61. The van der Waals surface area contributed by atoms with Crippen LogP contribution in [0.3, 0.4) is 0 Å². The summed E-state index contributed by atoms with van der Waals surface area (Å²) in [5.41, 5.74) is 0.690. The molecule has 3 N–H and O–H groups in total. The molecule has 1 rings (SSSR count). The SMILES string of the molecule is CCOc1ncnc(NCC(=O)NCC(=O)O)c1C. The minimum absolute atomic E-state index is 0.0727. The Morgan fingerprint density at radius 3 is 2.74 bits per heavy atom. The van der Waals surface area contributed by atoms with E-state index in [0.29, 0.717) is 23.9 Å². The Morgan fingerprint density at radius 1 is 1.37 bits per heavy atom. The van der Waals surface area contributed by atoms with Crippen molar-refractivity contribution in [3.8, 4) is 5.88 Å². The number of carboxylic acid groups (broad SMARTS) is 1. The standard InChI is InChI=1S/C11H16N4O4/c1-3-19-11-7(2)10(14-6-15-11)13-4-8(16)12-5-9(17)18/h6H,3-5H2,1-2H3,(H,12,16)(H,17,18)(H,13,14,15). The summed E-state index contributed by atoms with van der Waals surface area (Å²) in [5.74, 6) is -0.599. The molecular weight excluding hydrogens is 252 g/mol. The van der Waals surface area contributed by atoms with Gasteiger partial charge in [-0.15, -0.1) is 0 Å². The number of anilines is 1. The molecule has 0 spiro atoms. The Kier molecular flexibility index (Phi) is 5.52. The zero-order valence-corrected chi connectivity index (χ0v) is 10.8. The maximum Gasteiger partial charge on any atom is 0.322 e. The van der Waals surface area contributed by atoms with E-state index in [-0.39, 0.29) is 6.54 Å². The van der Waals surface area contributed by atoms with Crippen molar-refractivity contribution in [3.05, 3.63) is 11.9 Å². The average Bonchev–Trinajstić information content (AvgIpc) is 2.37. The van der Waals surface area contributed by atoms with Gasteiger partial charge in [0.25, 0.3) is 0 Å². The van der Waals surface area contributed by atoms with Crippen molar-refractivity contribution in [2.75, 3.05) is 25.0 Å². The number of nitrogens with one attached hydrogen (secondary N) is 2. The number of amides is 1. The van der Waals surface area contributed by atoms with Crippen molar-refractivity contribution in [1.29, 1.82) is 0 Å². The van der Waals surface area contributed by atoms with Gasteiger partial charge in [0, 0.05) is 0 Å². The molecule has 8 nitrogen and oxygen atoms in total. The first-order valence-corrected chi connectivity index (χ1v) is 5.71. The fraction of sp³-hybridized carbons (Fsp3) is 0.455. The number of hydrogen-bond acceptors (Lipinski definition) is 6. The van der Waals surface area contributed by atoms with E-state index in [0.717, 1.165) is 0 Å². The van der Waals surface area contributed by atoms with Crippen molar-refractivity contribution in [1.82, 2.24) is 15.3 Å². The molecule has 1 aromatic rings. The number of carbonyl (C=O) groups excluding carboxylic acids is 1. The minimum atomic E-state index is -1.09. The zero-order chi connectivity index (χ0) is 14.3. The van der Waals surface area contributed by atoms with E-state index in [1.165, 1.54) is 6.33 Å². The highest BCUT2D eigenvalue weighted by molar-refractivity contribution is 5.84. The van der Waals surface area contributed by atoms with Crippen LogP contribution in [0, 0.1) is 6.92 Å². The minimum Gasteiger partial charge on any atom is -0.480 e. The summed E-state index contributed by atoms with van der Waals surface area (Å²) in [5, 5.41) is 13.5. The highest BCUT2D eigenvalue weighted by Gasteiger charge is 2.09. The average molecular weight is 268 g/mol. The van der Waals surface area contributed by atoms with E-state index >= 15 is 0 Å². The summed E-state index contributed by atoms with van der Waals surface area (Å²) in [7, 11) is 0.